The fourth-order valence-corrected chi connectivity index (χ4v) is 0.129. The predicted molar refractivity (Wildman–Crippen MR) is 47.9 cm³/mol. The fraction of sp³-hybridized carbons (Fsp3) is 0.667. The third-order valence-corrected chi connectivity index (χ3v) is 0.302. The van der Waals surface area contributed by atoms with Crippen LogP contribution in [-0.4, -0.2) is 91.3 Å². The molecule has 0 atom stereocenters. The van der Waals surface area contributed by atoms with Crippen molar-refractivity contribution in [1.29, 1.82) is 0 Å². The molecular formula is C6H12KLiO4. The van der Waals surface area contributed by atoms with E-state index in [1.54, 1.807) is 0 Å². The molecule has 0 bridgehead atoms. The van der Waals surface area contributed by atoms with E-state index in [0.717, 1.165) is 4.59 Å². The van der Waals surface area contributed by atoms with E-state index >= 15 is 0 Å². The molecule has 0 unspecified atom stereocenters. The maximum atomic E-state index is 9.43. The molecule has 0 aliphatic rings. The summed E-state index contributed by atoms with van der Waals surface area (Å²) in [5.41, 5.74) is 0. The van der Waals surface area contributed by atoms with Crippen molar-refractivity contribution in [2.75, 3.05) is 0 Å². The van der Waals surface area contributed by atoms with Crippen molar-refractivity contribution in [2.45, 2.75) is 24.9 Å². The van der Waals surface area contributed by atoms with Crippen LogP contribution in [0.5, 0.6) is 0 Å². The van der Waals surface area contributed by atoms with E-state index in [4.69, 9.17) is 10.2 Å². The van der Waals surface area contributed by atoms with Crippen LogP contribution >= 0.6 is 0 Å². The minimum atomic E-state index is -1.31. The Morgan fingerprint density at radius 2 is 1.42 bits per heavy atom. The van der Waals surface area contributed by atoms with Crippen LogP contribution in [0.15, 0.2) is 0 Å². The van der Waals surface area contributed by atoms with E-state index in [-0.39, 0.29) is 51.4 Å². The zero-order valence-corrected chi connectivity index (χ0v) is 7.00. The summed E-state index contributed by atoms with van der Waals surface area (Å²) in [7, 11) is 0. The first-order chi connectivity index (χ1) is 4.86. The van der Waals surface area contributed by atoms with Crippen LogP contribution in [-0.2, 0) is 9.59 Å². The molecule has 0 spiro atoms. The Morgan fingerprint density at radius 1 is 1.25 bits per heavy atom. The monoisotopic (exact) mass is 194 g/mol. The van der Waals surface area contributed by atoms with Gasteiger partial charge in [0.15, 0.2) is 0 Å². The Labute approximate surface area is 124 Å². The van der Waals surface area contributed by atoms with Gasteiger partial charge in [0.05, 0.1) is 0 Å². The Balaban J connectivity index is -0.000000142. The number of hydrogen-bond donors (Lipinski definition) is 2. The van der Waals surface area contributed by atoms with Crippen LogP contribution in [0.2, 0.25) is 4.59 Å². The van der Waals surface area contributed by atoms with E-state index in [1.807, 2.05) is 0 Å². The summed E-state index contributed by atoms with van der Waals surface area (Å²) >= 11 is 2.17. The number of hydrogen-bond acceptors (Lipinski definition) is 2. The average molecular weight is 194 g/mol. The molecule has 6 heteroatoms. The van der Waals surface area contributed by atoms with Gasteiger partial charge in [0, 0.05) is 0 Å². The molecule has 0 aromatic rings. The van der Waals surface area contributed by atoms with Crippen molar-refractivity contribution >= 4 is 81.0 Å². The van der Waals surface area contributed by atoms with Gasteiger partial charge in [-0.3, -0.25) is 9.59 Å². The Bertz CT molecular complexity index is 123. The van der Waals surface area contributed by atoms with Gasteiger partial charge in [-0.2, -0.15) is 0 Å². The molecule has 0 radical (unpaired) electrons. The standard InChI is InChI=1S/C3H4O4.C3H7.K.Li.H/c4-2(5)1-3(6)7;1-3-2;;;/h1H2,(H,4,5)(H,6,7);3H,1-2H3;;;. The van der Waals surface area contributed by atoms with Crippen LogP contribution in [0.3, 0.4) is 0 Å². The van der Waals surface area contributed by atoms with E-state index < -0.39 is 18.4 Å². The second-order valence-corrected chi connectivity index (χ2v) is 2.70. The minimum absolute atomic E-state index is 0. The summed E-state index contributed by atoms with van der Waals surface area (Å²) < 4.78 is 0.833. The normalized spacial score (nSPS) is 7.75. The van der Waals surface area contributed by atoms with Crippen molar-refractivity contribution in [3.63, 3.8) is 0 Å². The summed E-state index contributed by atoms with van der Waals surface area (Å²) in [4.78, 5) is 18.9. The number of carboxylic acids is 2. The molecule has 0 aliphatic carbocycles. The molecule has 0 amide bonds. The van der Waals surface area contributed by atoms with Gasteiger partial charge in [-0.1, -0.05) is 0 Å². The van der Waals surface area contributed by atoms with Crippen molar-refractivity contribution in [1.82, 2.24) is 0 Å². The second-order valence-electron chi connectivity index (χ2n) is 2.70. The molecule has 0 saturated carbocycles. The van der Waals surface area contributed by atoms with Crippen molar-refractivity contribution in [2.24, 2.45) is 0 Å². The van der Waals surface area contributed by atoms with Crippen molar-refractivity contribution in [3.8, 4) is 0 Å². The quantitative estimate of drug-likeness (QED) is 0.474. The summed E-state index contributed by atoms with van der Waals surface area (Å²) in [5.74, 6) is -2.62. The van der Waals surface area contributed by atoms with Gasteiger partial charge < -0.3 is 10.2 Å². The maximum absolute atomic E-state index is 9.43. The molecule has 0 aliphatic heterocycles. The van der Waals surface area contributed by atoms with Crippen LogP contribution < -0.4 is 0 Å². The van der Waals surface area contributed by atoms with E-state index in [9.17, 15) is 9.59 Å². The van der Waals surface area contributed by atoms with Crippen molar-refractivity contribution in [3.05, 3.63) is 0 Å². The summed E-state index contributed by atoms with van der Waals surface area (Å²) in [5, 5.41) is 15.4. The van der Waals surface area contributed by atoms with E-state index in [2.05, 4.69) is 31.6 Å². The Hall–Kier alpha value is 1.17. The van der Waals surface area contributed by atoms with Gasteiger partial charge >= 0.3 is 99.5 Å². The molecule has 0 saturated heterocycles. The fourth-order valence-electron chi connectivity index (χ4n) is 0.129. The molecule has 2 N–H and O–H groups in total. The van der Waals surface area contributed by atoms with Crippen LogP contribution in [0.25, 0.3) is 0 Å². The molecule has 62 valence electrons. The molecule has 12 heavy (non-hydrogen) atoms. The number of rotatable bonds is 2. The zero-order chi connectivity index (χ0) is 9.44. The van der Waals surface area contributed by atoms with Gasteiger partial charge in [-0.25, -0.2) is 0 Å². The summed E-state index contributed by atoms with van der Waals surface area (Å²) in [6.45, 7) is 4.33. The average Bonchev–Trinajstić information content (AvgIpc) is 1.56. The Morgan fingerprint density at radius 3 is 1.42 bits per heavy atom. The van der Waals surface area contributed by atoms with E-state index in [0.29, 0.717) is 0 Å². The number of carbonyl (C=O) groups is 2. The SMILES string of the molecule is O=C(O)CC(=O)O.[KH].[Li][CH](C)C. The first-order valence-electron chi connectivity index (χ1n) is 3.29. The van der Waals surface area contributed by atoms with Gasteiger partial charge in [0.2, 0.25) is 0 Å². The van der Waals surface area contributed by atoms with E-state index in [1.165, 1.54) is 0 Å². The van der Waals surface area contributed by atoms with Crippen molar-refractivity contribution < 1.29 is 19.8 Å². The number of aliphatic carboxylic acids is 2. The van der Waals surface area contributed by atoms with Crippen LogP contribution in [0.1, 0.15) is 20.3 Å². The zero-order valence-electron chi connectivity index (χ0n) is 7.00. The molecular weight excluding hydrogens is 182 g/mol. The third kappa shape index (κ3) is 43.2. The summed E-state index contributed by atoms with van der Waals surface area (Å²) in [6, 6.07) is 0. The van der Waals surface area contributed by atoms with Gasteiger partial charge in [-0.05, 0) is 0 Å². The first kappa shape index (κ1) is 18.9. The number of carboxylic acid groups (broad SMARTS) is 2. The molecule has 0 fully saturated rings. The first-order valence-corrected chi connectivity index (χ1v) is 3.29. The molecule has 0 heterocycles. The summed E-state index contributed by atoms with van der Waals surface area (Å²) in [6.07, 6.45) is -0.806. The molecule has 0 aromatic carbocycles. The molecule has 4 nitrogen and oxygen atoms in total. The van der Waals surface area contributed by atoms with Crippen LogP contribution in [0, 0.1) is 0 Å². The topological polar surface area (TPSA) is 74.6 Å². The van der Waals surface area contributed by atoms with Crippen LogP contribution in [0.4, 0.5) is 0 Å². The Kier molecular flexibility index (Phi) is 19.1. The van der Waals surface area contributed by atoms with Gasteiger partial charge in [0.1, 0.15) is 6.42 Å². The molecule has 0 aromatic heterocycles. The van der Waals surface area contributed by atoms with Gasteiger partial charge in [-0.15, -0.1) is 0 Å². The predicted octanol–water partition coefficient (Wildman–Crippen LogP) is -0.120. The molecule has 0 rings (SSSR count). The van der Waals surface area contributed by atoms with Gasteiger partial charge in [0.25, 0.3) is 0 Å². The third-order valence-electron chi connectivity index (χ3n) is 0.302. The second kappa shape index (κ2) is 12.2.